The predicted molar refractivity (Wildman–Crippen MR) is 59.2 cm³/mol. The van der Waals surface area contributed by atoms with Gasteiger partial charge in [-0.25, -0.2) is 4.99 Å². The third kappa shape index (κ3) is 1.44. The third-order valence-corrected chi connectivity index (χ3v) is 2.52. The first-order valence-electron chi connectivity index (χ1n) is 5.03. The average molecular weight is 211 g/mol. The van der Waals surface area contributed by atoms with Gasteiger partial charge in [-0.1, -0.05) is 18.2 Å². The van der Waals surface area contributed by atoms with E-state index in [2.05, 4.69) is 15.0 Å². The molecule has 0 radical (unpaired) electrons. The number of benzene rings is 1. The van der Waals surface area contributed by atoms with Crippen molar-refractivity contribution >= 4 is 5.69 Å². The second-order valence-corrected chi connectivity index (χ2v) is 3.61. The SMILES string of the molecule is O=c1ccc2c([nH]1)=Nc1ccccc1CN=2. The normalized spacial score (nSPS) is 12.8. The lowest BCUT2D eigenvalue weighted by Crippen LogP contribution is -2.33. The summed E-state index contributed by atoms with van der Waals surface area (Å²) < 4.78 is 0. The molecule has 0 atom stereocenters. The molecule has 0 spiro atoms. The van der Waals surface area contributed by atoms with E-state index in [0.717, 1.165) is 16.6 Å². The molecule has 0 amide bonds. The number of hydrogen-bond acceptors (Lipinski definition) is 3. The van der Waals surface area contributed by atoms with Crippen LogP contribution < -0.4 is 16.4 Å². The lowest BCUT2D eigenvalue weighted by molar-refractivity contribution is 0.986. The Labute approximate surface area is 91.0 Å². The molecule has 16 heavy (non-hydrogen) atoms. The van der Waals surface area contributed by atoms with E-state index in [1.165, 1.54) is 6.07 Å². The minimum absolute atomic E-state index is 0.155. The Hall–Kier alpha value is -2.23. The lowest BCUT2D eigenvalue weighted by Gasteiger charge is -1.98. The van der Waals surface area contributed by atoms with Gasteiger partial charge in [-0.05, 0) is 17.7 Å². The van der Waals surface area contributed by atoms with Crippen LogP contribution in [0.3, 0.4) is 0 Å². The molecule has 0 saturated carbocycles. The third-order valence-electron chi connectivity index (χ3n) is 2.52. The second kappa shape index (κ2) is 3.41. The molecule has 0 bridgehead atoms. The largest absolute Gasteiger partial charge is 0.305 e. The van der Waals surface area contributed by atoms with Crippen molar-refractivity contribution in [2.24, 2.45) is 9.98 Å². The summed E-state index contributed by atoms with van der Waals surface area (Å²) in [5, 5.41) is 0.732. The highest BCUT2D eigenvalue weighted by atomic mass is 16.1. The molecule has 4 nitrogen and oxygen atoms in total. The van der Waals surface area contributed by atoms with Crippen molar-refractivity contribution in [3.63, 3.8) is 0 Å². The number of para-hydroxylation sites is 1. The molecule has 1 aromatic carbocycles. The van der Waals surface area contributed by atoms with E-state index in [4.69, 9.17) is 0 Å². The number of aromatic amines is 1. The average Bonchev–Trinajstić information content (AvgIpc) is 2.47. The van der Waals surface area contributed by atoms with Gasteiger partial charge in [-0.3, -0.25) is 9.79 Å². The van der Waals surface area contributed by atoms with E-state index in [-0.39, 0.29) is 5.56 Å². The quantitative estimate of drug-likeness (QED) is 0.676. The highest BCUT2D eigenvalue weighted by Crippen LogP contribution is 2.18. The minimum Gasteiger partial charge on any atom is -0.305 e. The smallest absolute Gasteiger partial charge is 0.249 e. The van der Waals surface area contributed by atoms with Crippen molar-refractivity contribution in [1.82, 2.24) is 4.98 Å². The summed E-state index contributed by atoms with van der Waals surface area (Å²) in [4.78, 5) is 22.7. The van der Waals surface area contributed by atoms with Crippen LogP contribution in [0, 0.1) is 0 Å². The van der Waals surface area contributed by atoms with Gasteiger partial charge < -0.3 is 4.98 Å². The molecule has 78 valence electrons. The van der Waals surface area contributed by atoms with Gasteiger partial charge in [0.25, 0.3) is 0 Å². The van der Waals surface area contributed by atoms with Crippen molar-refractivity contribution < 1.29 is 0 Å². The van der Waals surface area contributed by atoms with Gasteiger partial charge in [0, 0.05) is 6.07 Å². The van der Waals surface area contributed by atoms with Crippen LogP contribution in [0.4, 0.5) is 5.69 Å². The Morgan fingerprint density at radius 1 is 1.12 bits per heavy atom. The number of hydrogen-bond donors (Lipinski definition) is 1. The predicted octanol–water partition coefficient (Wildman–Crippen LogP) is 0.459. The molecule has 1 N–H and O–H groups in total. The van der Waals surface area contributed by atoms with Gasteiger partial charge in [0.15, 0.2) is 5.49 Å². The summed E-state index contributed by atoms with van der Waals surface area (Å²) in [5.41, 5.74) is 2.32. The fourth-order valence-electron chi connectivity index (χ4n) is 1.71. The van der Waals surface area contributed by atoms with Gasteiger partial charge in [0.1, 0.15) is 5.36 Å². The van der Waals surface area contributed by atoms with Crippen molar-refractivity contribution in [2.75, 3.05) is 0 Å². The number of nitrogens with one attached hydrogen (secondary N) is 1. The fourth-order valence-corrected chi connectivity index (χ4v) is 1.71. The van der Waals surface area contributed by atoms with Crippen LogP contribution in [0.25, 0.3) is 0 Å². The summed E-state index contributed by atoms with van der Waals surface area (Å²) in [6.45, 7) is 0.596. The zero-order valence-electron chi connectivity index (χ0n) is 8.47. The standard InChI is InChI=1S/C12H9N3O/c16-11-6-5-10-12(15-11)14-9-4-2-1-3-8(9)7-13-10/h1-6H,7H2,(H,14,15,16). The maximum atomic E-state index is 11.2. The van der Waals surface area contributed by atoms with Gasteiger partial charge in [0.2, 0.25) is 5.56 Å². The molecule has 0 fully saturated rings. The highest BCUT2D eigenvalue weighted by molar-refractivity contribution is 5.46. The first-order valence-corrected chi connectivity index (χ1v) is 5.03. The number of fused-ring (bicyclic) bond motifs is 2. The molecule has 3 rings (SSSR count). The number of aromatic nitrogens is 1. The maximum absolute atomic E-state index is 11.2. The first kappa shape index (κ1) is 9.03. The number of H-pyrrole nitrogens is 1. The molecular weight excluding hydrogens is 202 g/mol. The summed E-state index contributed by atoms with van der Waals surface area (Å²) in [6, 6.07) is 11.0. The monoisotopic (exact) mass is 211 g/mol. The second-order valence-electron chi connectivity index (χ2n) is 3.61. The van der Waals surface area contributed by atoms with Crippen LogP contribution in [0.15, 0.2) is 51.2 Å². The lowest BCUT2D eigenvalue weighted by atomic mass is 10.2. The molecule has 4 heteroatoms. The van der Waals surface area contributed by atoms with Gasteiger partial charge in [-0.15, -0.1) is 0 Å². The summed E-state index contributed by atoms with van der Waals surface area (Å²) in [5.74, 6) is 0. The van der Waals surface area contributed by atoms with E-state index >= 15 is 0 Å². The molecule has 1 aliphatic rings. The van der Waals surface area contributed by atoms with Crippen molar-refractivity contribution in [3.8, 4) is 0 Å². The first-order chi connectivity index (χ1) is 7.83. The van der Waals surface area contributed by atoms with E-state index in [0.29, 0.717) is 12.0 Å². The van der Waals surface area contributed by atoms with Gasteiger partial charge >= 0.3 is 0 Å². The Kier molecular flexibility index (Phi) is 1.93. The van der Waals surface area contributed by atoms with E-state index in [9.17, 15) is 4.79 Å². The maximum Gasteiger partial charge on any atom is 0.249 e. The molecule has 1 aliphatic heterocycles. The Bertz CT molecular complexity index is 716. The van der Waals surface area contributed by atoms with Crippen LogP contribution >= 0.6 is 0 Å². The van der Waals surface area contributed by atoms with Crippen LogP contribution in [0.5, 0.6) is 0 Å². The molecule has 2 heterocycles. The highest BCUT2D eigenvalue weighted by Gasteiger charge is 2.03. The topological polar surface area (TPSA) is 57.6 Å². The van der Waals surface area contributed by atoms with Gasteiger partial charge in [0.05, 0.1) is 12.2 Å². The van der Waals surface area contributed by atoms with Crippen molar-refractivity contribution in [1.29, 1.82) is 0 Å². The molecule has 0 aliphatic carbocycles. The molecule has 0 unspecified atom stereocenters. The number of pyridine rings is 1. The number of rotatable bonds is 0. The molecule has 1 aromatic heterocycles. The van der Waals surface area contributed by atoms with E-state index in [1.54, 1.807) is 6.07 Å². The van der Waals surface area contributed by atoms with Crippen LogP contribution in [-0.2, 0) is 6.54 Å². The summed E-state index contributed by atoms with van der Waals surface area (Å²) in [7, 11) is 0. The van der Waals surface area contributed by atoms with Crippen LogP contribution in [0.2, 0.25) is 0 Å². The van der Waals surface area contributed by atoms with Gasteiger partial charge in [-0.2, -0.15) is 0 Å². The molecule has 0 saturated heterocycles. The molecule has 2 aromatic rings. The fraction of sp³-hybridized carbons (Fsp3) is 0.0833. The Morgan fingerprint density at radius 2 is 2.00 bits per heavy atom. The van der Waals surface area contributed by atoms with Crippen molar-refractivity contribution in [2.45, 2.75) is 6.54 Å². The van der Waals surface area contributed by atoms with Crippen LogP contribution in [0.1, 0.15) is 5.56 Å². The summed E-state index contributed by atoms with van der Waals surface area (Å²) in [6.07, 6.45) is 0. The zero-order valence-corrected chi connectivity index (χ0v) is 8.47. The van der Waals surface area contributed by atoms with E-state index in [1.807, 2.05) is 24.3 Å². The Balaban J connectivity index is 2.39. The Morgan fingerprint density at radius 3 is 2.94 bits per heavy atom. The zero-order chi connectivity index (χ0) is 11.0. The van der Waals surface area contributed by atoms with Crippen LogP contribution in [-0.4, -0.2) is 4.98 Å². The van der Waals surface area contributed by atoms with Crippen molar-refractivity contribution in [3.05, 3.63) is 63.2 Å². The molecular formula is C12H9N3O. The number of nitrogens with zero attached hydrogens (tertiary/aromatic N) is 2. The van der Waals surface area contributed by atoms with E-state index < -0.39 is 0 Å². The summed E-state index contributed by atoms with van der Waals surface area (Å²) >= 11 is 0. The minimum atomic E-state index is -0.155.